The average molecular weight is 421 g/mol. The topological polar surface area (TPSA) is 60.0 Å². The minimum absolute atomic E-state index is 0.163. The van der Waals surface area contributed by atoms with E-state index in [9.17, 15) is 4.79 Å². The Kier molecular flexibility index (Phi) is 6.00. The predicted octanol–water partition coefficient (Wildman–Crippen LogP) is 3.17. The van der Waals surface area contributed by atoms with Crippen LogP contribution in [-0.2, 0) is 4.79 Å². The third-order valence-corrected chi connectivity index (χ3v) is 4.29. The number of fused-ring (bicyclic) bond motifs is 1. The lowest BCUT2D eigenvalue weighted by Crippen LogP contribution is -2.40. The molecule has 0 fully saturated rings. The molecule has 1 atom stereocenters. The second-order valence-corrected chi connectivity index (χ2v) is 7.06. The zero-order chi connectivity index (χ0) is 18.5. The minimum atomic E-state index is -0.719. The molecule has 2 aromatic carbocycles. The van der Waals surface area contributed by atoms with Crippen molar-refractivity contribution in [3.8, 4) is 17.2 Å². The fraction of sp³-hybridized carbons (Fsp3) is 0.316. The molecule has 6 nitrogen and oxygen atoms in total. The Balaban J connectivity index is 1.67. The van der Waals surface area contributed by atoms with Gasteiger partial charge in [-0.25, -0.2) is 0 Å². The molecule has 1 amide bonds. The van der Waals surface area contributed by atoms with E-state index in [1.807, 2.05) is 49.3 Å². The van der Waals surface area contributed by atoms with Crippen molar-refractivity contribution in [3.05, 3.63) is 46.9 Å². The van der Waals surface area contributed by atoms with Gasteiger partial charge in [-0.2, -0.15) is 0 Å². The number of amides is 1. The van der Waals surface area contributed by atoms with E-state index in [0.717, 1.165) is 11.0 Å². The molecule has 2 aromatic rings. The predicted molar refractivity (Wildman–Crippen MR) is 103 cm³/mol. The van der Waals surface area contributed by atoms with Gasteiger partial charge in [0.2, 0.25) is 6.10 Å². The second-order valence-electron chi connectivity index (χ2n) is 6.15. The van der Waals surface area contributed by atoms with Gasteiger partial charge in [-0.15, -0.1) is 0 Å². The largest absolute Gasteiger partial charge is 0.490 e. The number of anilines is 1. The summed E-state index contributed by atoms with van der Waals surface area (Å²) in [4.78, 5) is 14.6. The molecule has 138 valence electrons. The number of carbonyl (C=O) groups is 1. The first-order valence-electron chi connectivity index (χ1n) is 8.29. The smallest absolute Gasteiger partial charge is 0.269 e. The third kappa shape index (κ3) is 4.68. The summed E-state index contributed by atoms with van der Waals surface area (Å²) < 4.78 is 18.0. The quantitative estimate of drug-likeness (QED) is 0.777. The number of nitrogens with one attached hydrogen (secondary N) is 1. The summed E-state index contributed by atoms with van der Waals surface area (Å²) in [6.45, 7) is 1.45. The molecule has 0 aromatic heterocycles. The highest BCUT2D eigenvalue weighted by Crippen LogP contribution is 2.32. The molecule has 0 saturated heterocycles. The standard InChI is InChI=1S/C19H21BrN2O4/c1-22(2)9-10-24-17-11-13(20)7-8-14(17)21-19(23)18-12-25-15-5-3-4-6-16(15)26-18/h3-8,11,18H,9-10,12H2,1-2H3,(H,21,23). The molecule has 1 aliphatic rings. The highest BCUT2D eigenvalue weighted by Gasteiger charge is 2.27. The Morgan fingerprint density at radius 2 is 2.04 bits per heavy atom. The fourth-order valence-electron chi connectivity index (χ4n) is 2.42. The number of nitrogens with zero attached hydrogens (tertiary/aromatic N) is 1. The van der Waals surface area contributed by atoms with Gasteiger partial charge >= 0.3 is 0 Å². The van der Waals surface area contributed by atoms with Crippen molar-refractivity contribution in [2.75, 3.05) is 39.2 Å². The van der Waals surface area contributed by atoms with Gasteiger partial charge in [0.1, 0.15) is 19.0 Å². The number of hydrogen-bond acceptors (Lipinski definition) is 5. The molecule has 0 aliphatic carbocycles. The normalized spacial score (nSPS) is 15.6. The SMILES string of the molecule is CN(C)CCOc1cc(Br)ccc1NC(=O)C1COc2ccccc2O1. The number of carbonyl (C=O) groups excluding carboxylic acids is 1. The Hall–Kier alpha value is -2.25. The van der Waals surface area contributed by atoms with Crippen LogP contribution in [0.4, 0.5) is 5.69 Å². The number of halogens is 1. The van der Waals surface area contributed by atoms with E-state index in [-0.39, 0.29) is 12.5 Å². The lowest BCUT2D eigenvalue weighted by Gasteiger charge is -2.26. The van der Waals surface area contributed by atoms with Gasteiger partial charge in [-0.05, 0) is 44.4 Å². The maximum Gasteiger partial charge on any atom is 0.269 e. The first-order chi connectivity index (χ1) is 12.5. The molecule has 1 unspecified atom stereocenters. The summed E-state index contributed by atoms with van der Waals surface area (Å²) in [5, 5.41) is 2.87. The van der Waals surface area contributed by atoms with Gasteiger partial charge in [-0.3, -0.25) is 4.79 Å². The Morgan fingerprint density at radius 3 is 2.81 bits per heavy atom. The van der Waals surface area contributed by atoms with E-state index in [1.165, 1.54) is 0 Å². The van der Waals surface area contributed by atoms with E-state index < -0.39 is 6.10 Å². The lowest BCUT2D eigenvalue weighted by molar-refractivity contribution is -0.125. The minimum Gasteiger partial charge on any atom is -0.490 e. The molecular formula is C19H21BrN2O4. The zero-order valence-corrected chi connectivity index (χ0v) is 16.3. The monoisotopic (exact) mass is 420 g/mol. The molecule has 0 spiro atoms. The van der Waals surface area contributed by atoms with E-state index in [2.05, 4.69) is 21.2 Å². The molecule has 1 aliphatic heterocycles. The number of benzene rings is 2. The summed E-state index contributed by atoms with van der Waals surface area (Å²) in [7, 11) is 3.95. The van der Waals surface area contributed by atoms with Crippen LogP contribution in [0.1, 0.15) is 0 Å². The third-order valence-electron chi connectivity index (χ3n) is 3.80. The van der Waals surface area contributed by atoms with Gasteiger partial charge in [-0.1, -0.05) is 28.1 Å². The average Bonchev–Trinajstić information content (AvgIpc) is 2.63. The van der Waals surface area contributed by atoms with E-state index >= 15 is 0 Å². The molecule has 26 heavy (non-hydrogen) atoms. The molecule has 1 heterocycles. The number of hydrogen-bond donors (Lipinski definition) is 1. The summed E-state index contributed by atoms with van der Waals surface area (Å²) in [6.07, 6.45) is -0.719. The fourth-order valence-corrected chi connectivity index (χ4v) is 2.76. The summed E-state index contributed by atoms with van der Waals surface area (Å²) in [6, 6.07) is 12.8. The van der Waals surface area contributed by atoms with Crippen molar-refractivity contribution < 1.29 is 19.0 Å². The molecule has 0 bridgehead atoms. The van der Waals surface area contributed by atoms with Crippen LogP contribution in [-0.4, -0.2) is 50.8 Å². The molecule has 1 N–H and O–H groups in total. The summed E-state index contributed by atoms with van der Waals surface area (Å²) >= 11 is 3.43. The maximum absolute atomic E-state index is 12.6. The maximum atomic E-state index is 12.6. The molecular weight excluding hydrogens is 400 g/mol. The van der Waals surface area contributed by atoms with E-state index in [1.54, 1.807) is 12.1 Å². The van der Waals surface area contributed by atoms with Crippen molar-refractivity contribution >= 4 is 27.5 Å². The van der Waals surface area contributed by atoms with Crippen LogP contribution in [0.25, 0.3) is 0 Å². The Labute approximate surface area is 161 Å². The van der Waals surface area contributed by atoms with Crippen LogP contribution in [0.15, 0.2) is 46.9 Å². The van der Waals surface area contributed by atoms with Crippen molar-refractivity contribution in [2.45, 2.75) is 6.10 Å². The lowest BCUT2D eigenvalue weighted by atomic mass is 10.2. The van der Waals surface area contributed by atoms with Crippen molar-refractivity contribution in [1.82, 2.24) is 4.90 Å². The second kappa shape index (κ2) is 8.42. The van der Waals surface area contributed by atoms with Crippen molar-refractivity contribution in [1.29, 1.82) is 0 Å². The van der Waals surface area contributed by atoms with Crippen LogP contribution in [0.2, 0.25) is 0 Å². The number of para-hydroxylation sites is 2. The van der Waals surface area contributed by atoms with Crippen LogP contribution >= 0.6 is 15.9 Å². The molecule has 7 heteroatoms. The van der Waals surface area contributed by atoms with Crippen molar-refractivity contribution in [2.24, 2.45) is 0 Å². The van der Waals surface area contributed by atoms with Crippen LogP contribution in [0.3, 0.4) is 0 Å². The van der Waals surface area contributed by atoms with E-state index in [0.29, 0.717) is 29.5 Å². The highest BCUT2D eigenvalue weighted by molar-refractivity contribution is 9.10. The molecule has 0 radical (unpaired) electrons. The Morgan fingerprint density at radius 1 is 1.27 bits per heavy atom. The van der Waals surface area contributed by atoms with Gasteiger partial charge in [0.15, 0.2) is 11.5 Å². The number of rotatable bonds is 6. The summed E-state index contributed by atoms with van der Waals surface area (Å²) in [5.74, 6) is 1.54. The highest BCUT2D eigenvalue weighted by atomic mass is 79.9. The van der Waals surface area contributed by atoms with Gasteiger partial charge in [0.05, 0.1) is 5.69 Å². The van der Waals surface area contributed by atoms with Gasteiger partial charge in [0.25, 0.3) is 5.91 Å². The molecule has 3 rings (SSSR count). The number of ether oxygens (including phenoxy) is 3. The first-order valence-corrected chi connectivity index (χ1v) is 9.08. The zero-order valence-electron chi connectivity index (χ0n) is 14.7. The number of likely N-dealkylation sites (N-methyl/N-ethyl adjacent to an activating group) is 1. The van der Waals surface area contributed by atoms with E-state index in [4.69, 9.17) is 14.2 Å². The van der Waals surface area contributed by atoms with Crippen LogP contribution in [0.5, 0.6) is 17.2 Å². The van der Waals surface area contributed by atoms with Gasteiger partial charge < -0.3 is 24.4 Å². The van der Waals surface area contributed by atoms with Gasteiger partial charge in [0, 0.05) is 11.0 Å². The van der Waals surface area contributed by atoms with Crippen LogP contribution in [0, 0.1) is 0 Å². The Bertz CT molecular complexity index is 782. The summed E-state index contributed by atoms with van der Waals surface area (Å²) in [5.41, 5.74) is 0.597. The first kappa shape index (κ1) is 18.5. The van der Waals surface area contributed by atoms with Crippen molar-refractivity contribution in [3.63, 3.8) is 0 Å². The molecule has 0 saturated carbocycles. The van der Waals surface area contributed by atoms with Crippen LogP contribution < -0.4 is 19.5 Å².